The van der Waals surface area contributed by atoms with Gasteiger partial charge in [0.15, 0.2) is 0 Å². The van der Waals surface area contributed by atoms with Gasteiger partial charge < -0.3 is 15.7 Å². The Morgan fingerprint density at radius 1 is 1.26 bits per heavy atom. The summed E-state index contributed by atoms with van der Waals surface area (Å²) in [6.07, 6.45) is 0. The SMILES string of the molecule is C[C@H](NC(=O)CNc1cc(CO)ccc1Cl)c1ccc(F)cc1. The number of hydrogen-bond donors (Lipinski definition) is 3. The van der Waals surface area contributed by atoms with Crippen molar-refractivity contribution < 1.29 is 14.3 Å². The summed E-state index contributed by atoms with van der Waals surface area (Å²) in [6.45, 7) is 1.77. The molecule has 3 N–H and O–H groups in total. The highest BCUT2D eigenvalue weighted by Crippen LogP contribution is 2.23. The molecule has 2 aromatic carbocycles. The number of nitrogens with one attached hydrogen (secondary N) is 2. The topological polar surface area (TPSA) is 61.4 Å². The summed E-state index contributed by atoms with van der Waals surface area (Å²) in [5.41, 5.74) is 2.11. The van der Waals surface area contributed by atoms with Gasteiger partial charge in [-0.3, -0.25) is 4.79 Å². The van der Waals surface area contributed by atoms with Crippen LogP contribution in [-0.4, -0.2) is 17.6 Å². The largest absolute Gasteiger partial charge is 0.392 e. The van der Waals surface area contributed by atoms with Gasteiger partial charge in [0.05, 0.1) is 29.9 Å². The number of benzene rings is 2. The predicted octanol–water partition coefficient (Wildman–Crippen LogP) is 3.26. The number of hydrogen-bond acceptors (Lipinski definition) is 3. The summed E-state index contributed by atoms with van der Waals surface area (Å²) in [5, 5.41) is 15.3. The number of halogens is 2. The maximum Gasteiger partial charge on any atom is 0.239 e. The molecular weight excluding hydrogens is 319 g/mol. The molecule has 0 aromatic heterocycles. The van der Waals surface area contributed by atoms with Crippen LogP contribution >= 0.6 is 11.6 Å². The molecule has 0 radical (unpaired) electrons. The molecule has 0 bridgehead atoms. The summed E-state index contributed by atoms with van der Waals surface area (Å²) in [6, 6.07) is 10.8. The van der Waals surface area contributed by atoms with Gasteiger partial charge in [-0.15, -0.1) is 0 Å². The highest BCUT2D eigenvalue weighted by molar-refractivity contribution is 6.33. The number of anilines is 1. The van der Waals surface area contributed by atoms with Gasteiger partial charge in [0.25, 0.3) is 0 Å². The minimum atomic E-state index is -0.313. The summed E-state index contributed by atoms with van der Waals surface area (Å²) < 4.78 is 12.9. The van der Waals surface area contributed by atoms with Crippen LogP contribution in [0.3, 0.4) is 0 Å². The number of aliphatic hydroxyl groups excluding tert-OH is 1. The van der Waals surface area contributed by atoms with Crippen LogP contribution < -0.4 is 10.6 Å². The fourth-order valence-corrected chi connectivity index (χ4v) is 2.29. The molecule has 23 heavy (non-hydrogen) atoms. The molecule has 0 aliphatic carbocycles. The maximum atomic E-state index is 12.9. The molecule has 0 saturated carbocycles. The Labute approximate surface area is 139 Å². The molecule has 0 heterocycles. The van der Waals surface area contributed by atoms with Crippen LogP contribution in [0.4, 0.5) is 10.1 Å². The van der Waals surface area contributed by atoms with Crippen molar-refractivity contribution in [3.63, 3.8) is 0 Å². The van der Waals surface area contributed by atoms with Crippen LogP contribution in [0.15, 0.2) is 42.5 Å². The van der Waals surface area contributed by atoms with Crippen molar-refractivity contribution in [3.05, 3.63) is 64.4 Å². The standard InChI is InChI=1S/C17H18ClFN2O2/c1-11(13-3-5-14(19)6-4-13)21-17(23)9-20-16-8-12(10-22)2-7-15(16)18/h2-8,11,20,22H,9-10H2,1H3,(H,21,23)/t11-/m0/s1. The third-order valence-electron chi connectivity index (χ3n) is 3.40. The summed E-state index contributed by atoms with van der Waals surface area (Å²) in [7, 11) is 0. The first-order valence-electron chi connectivity index (χ1n) is 7.17. The van der Waals surface area contributed by atoms with Crippen molar-refractivity contribution in [1.29, 1.82) is 0 Å². The fraction of sp³-hybridized carbons (Fsp3) is 0.235. The number of carbonyl (C=O) groups excluding carboxylic acids is 1. The van der Waals surface area contributed by atoms with Crippen molar-refractivity contribution in [1.82, 2.24) is 5.32 Å². The van der Waals surface area contributed by atoms with Crippen molar-refractivity contribution in [2.75, 3.05) is 11.9 Å². The molecule has 2 aromatic rings. The van der Waals surface area contributed by atoms with Crippen LogP contribution in [0.1, 0.15) is 24.1 Å². The first-order chi connectivity index (χ1) is 11.0. The van der Waals surface area contributed by atoms with Crippen molar-refractivity contribution >= 4 is 23.2 Å². The van der Waals surface area contributed by atoms with Gasteiger partial charge in [0.1, 0.15) is 5.82 Å². The highest BCUT2D eigenvalue weighted by atomic mass is 35.5. The van der Waals surface area contributed by atoms with Gasteiger partial charge in [-0.05, 0) is 42.3 Å². The predicted molar refractivity (Wildman–Crippen MR) is 88.8 cm³/mol. The van der Waals surface area contributed by atoms with E-state index in [1.165, 1.54) is 12.1 Å². The number of amides is 1. The lowest BCUT2D eigenvalue weighted by atomic mass is 10.1. The number of aliphatic hydroxyl groups is 1. The van der Waals surface area contributed by atoms with E-state index in [1.54, 1.807) is 30.3 Å². The van der Waals surface area contributed by atoms with Gasteiger partial charge in [-0.25, -0.2) is 4.39 Å². The summed E-state index contributed by atoms with van der Waals surface area (Å²) in [5.74, 6) is -0.528. The van der Waals surface area contributed by atoms with E-state index in [-0.39, 0.29) is 30.9 Å². The minimum Gasteiger partial charge on any atom is -0.392 e. The molecule has 0 spiro atoms. The molecule has 0 aliphatic rings. The Balaban J connectivity index is 1.91. The average Bonchev–Trinajstić information content (AvgIpc) is 2.54. The van der Waals surface area contributed by atoms with Gasteiger partial charge in [0, 0.05) is 0 Å². The number of carbonyl (C=O) groups is 1. The molecule has 0 saturated heterocycles. The Morgan fingerprint density at radius 2 is 1.96 bits per heavy atom. The smallest absolute Gasteiger partial charge is 0.239 e. The maximum absolute atomic E-state index is 12.9. The van der Waals surface area contributed by atoms with Crippen LogP contribution in [0.25, 0.3) is 0 Å². The Bertz CT molecular complexity index is 677. The second-order valence-corrected chi connectivity index (χ2v) is 5.57. The van der Waals surface area contributed by atoms with Crippen LogP contribution in [0.2, 0.25) is 5.02 Å². The molecule has 1 atom stereocenters. The van der Waals surface area contributed by atoms with E-state index in [1.807, 2.05) is 6.92 Å². The first kappa shape index (κ1) is 17.2. The zero-order valence-corrected chi connectivity index (χ0v) is 13.4. The van der Waals surface area contributed by atoms with E-state index >= 15 is 0 Å². The molecule has 6 heteroatoms. The second kappa shape index (κ2) is 7.94. The fourth-order valence-electron chi connectivity index (χ4n) is 2.11. The summed E-state index contributed by atoms with van der Waals surface area (Å²) >= 11 is 6.04. The first-order valence-corrected chi connectivity index (χ1v) is 7.55. The van der Waals surface area contributed by atoms with Gasteiger partial charge in [0.2, 0.25) is 5.91 Å². The van der Waals surface area contributed by atoms with E-state index < -0.39 is 0 Å². The lowest BCUT2D eigenvalue weighted by molar-refractivity contribution is -0.120. The molecule has 122 valence electrons. The van der Waals surface area contributed by atoms with Gasteiger partial charge in [-0.2, -0.15) is 0 Å². The summed E-state index contributed by atoms with van der Waals surface area (Å²) in [4.78, 5) is 12.0. The number of rotatable bonds is 6. The average molecular weight is 337 g/mol. The molecule has 0 aliphatic heterocycles. The molecule has 0 unspecified atom stereocenters. The van der Waals surface area contributed by atoms with Crippen LogP contribution in [0, 0.1) is 5.82 Å². The van der Waals surface area contributed by atoms with Crippen LogP contribution in [-0.2, 0) is 11.4 Å². The van der Waals surface area contributed by atoms with E-state index in [2.05, 4.69) is 10.6 Å². The zero-order valence-electron chi connectivity index (χ0n) is 12.6. The third-order valence-corrected chi connectivity index (χ3v) is 3.73. The normalized spacial score (nSPS) is 11.8. The second-order valence-electron chi connectivity index (χ2n) is 5.17. The minimum absolute atomic E-state index is 0.0418. The quantitative estimate of drug-likeness (QED) is 0.758. The Morgan fingerprint density at radius 3 is 2.61 bits per heavy atom. The van der Waals surface area contributed by atoms with Gasteiger partial charge in [-0.1, -0.05) is 29.8 Å². The lowest BCUT2D eigenvalue weighted by Crippen LogP contribution is -2.32. The van der Waals surface area contributed by atoms with Gasteiger partial charge >= 0.3 is 0 Å². The molecular formula is C17H18ClFN2O2. The lowest BCUT2D eigenvalue weighted by Gasteiger charge is -2.15. The molecule has 4 nitrogen and oxygen atoms in total. The molecule has 1 amide bonds. The monoisotopic (exact) mass is 336 g/mol. The van der Waals surface area contributed by atoms with Crippen molar-refractivity contribution in [2.45, 2.75) is 19.6 Å². The van der Waals surface area contributed by atoms with E-state index in [9.17, 15) is 9.18 Å². The highest BCUT2D eigenvalue weighted by Gasteiger charge is 2.10. The zero-order chi connectivity index (χ0) is 16.8. The van der Waals surface area contributed by atoms with E-state index in [4.69, 9.17) is 16.7 Å². The van der Waals surface area contributed by atoms with E-state index in [0.717, 1.165) is 5.56 Å². The van der Waals surface area contributed by atoms with E-state index in [0.29, 0.717) is 16.3 Å². The van der Waals surface area contributed by atoms with Crippen molar-refractivity contribution in [2.24, 2.45) is 0 Å². The molecule has 0 fully saturated rings. The molecule has 2 rings (SSSR count). The Kier molecular flexibility index (Phi) is 5.96. The van der Waals surface area contributed by atoms with Crippen LogP contribution in [0.5, 0.6) is 0 Å². The Hall–Kier alpha value is -2.11. The van der Waals surface area contributed by atoms with Crippen molar-refractivity contribution in [3.8, 4) is 0 Å². The third kappa shape index (κ3) is 4.94.